The summed E-state index contributed by atoms with van der Waals surface area (Å²) < 4.78 is 5.97. The maximum absolute atomic E-state index is 6.18. The average Bonchev–Trinajstić information content (AvgIpc) is 2.63. The Morgan fingerprint density at radius 2 is 1.67 bits per heavy atom. The molecule has 3 nitrogen and oxygen atoms in total. The van der Waals surface area contributed by atoms with Crippen LogP contribution in [0.5, 0.6) is 5.75 Å². The van der Waals surface area contributed by atoms with Gasteiger partial charge in [-0.3, -0.25) is 4.98 Å². The van der Waals surface area contributed by atoms with Crippen LogP contribution in [0.25, 0.3) is 0 Å². The monoisotopic (exact) mass is 338 g/mol. The number of hydrogen-bond acceptors (Lipinski definition) is 3. The lowest BCUT2D eigenvalue weighted by Gasteiger charge is -2.13. The van der Waals surface area contributed by atoms with E-state index < -0.39 is 0 Å². The maximum Gasteiger partial charge on any atom is 0.124 e. The van der Waals surface area contributed by atoms with Crippen LogP contribution in [0.15, 0.2) is 73.1 Å². The summed E-state index contributed by atoms with van der Waals surface area (Å²) in [6.07, 6.45) is 3.65. The van der Waals surface area contributed by atoms with Gasteiger partial charge in [0.15, 0.2) is 0 Å². The van der Waals surface area contributed by atoms with Gasteiger partial charge in [0.2, 0.25) is 0 Å². The van der Waals surface area contributed by atoms with Crippen molar-refractivity contribution in [3.8, 4) is 5.75 Å². The number of halogens is 1. The van der Waals surface area contributed by atoms with E-state index in [2.05, 4.69) is 22.4 Å². The van der Waals surface area contributed by atoms with E-state index >= 15 is 0 Å². The first-order chi connectivity index (χ1) is 11.8. The quantitative estimate of drug-likeness (QED) is 0.683. The van der Waals surface area contributed by atoms with Gasteiger partial charge in [0.25, 0.3) is 0 Å². The molecule has 0 saturated carbocycles. The van der Waals surface area contributed by atoms with Crippen LogP contribution < -0.4 is 10.1 Å². The van der Waals surface area contributed by atoms with Gasteiger partial charge in [0, 0.05) is 41.6 Å². The van der Waals surface area contributed by atoms with Gasteiger partial charge in [0.05, 0.1) is 0 Å². The molecule has 0 fully saturated rings. The van der Waals surface area contributed by atoms with Crippen molar-refractivity contribution in [2.75, 3.05) is 0 Å². The zero-order valence-electron chi connectivity index (χ0n) is 13.3. The Balaban J connectivity index is 1.59. The van der Waals surface area contributed by atoms with Gasteiger partial charge in [-0.2, -0.15) is 0 Å². The van der Waals surface area contributed by atoms with E-state index in [0.717, 1.165) is 40.6 Å². The van der Waals surface area contributed by atoms with E-state index in [4.69, 9.17) is 16.3 Å². The molecular formula is C20H19ClN2O. The van der Waals surface area contributed by atoms with Gasteiger partial charge in [0.1, 0.15) is 12.4 Å². The van der Waals surface area contributed by atoms with Crippen molar-refractivity contribution < 1.29 is 4.74 Å². The molecule has 122 valence electrons. The standard InChI is InChI=1S/C20H19ClN2O/c21-19-9-3-1-8-18(19)15-24-20-10-4-2-7-17(20)14-23-13-16-6-5-11-22-12-16/h1-12,23H,13-15H2. The van der Waals surface area contributed by atoms with E-state index in [-0.39, 0.29) is 0 Å². The summed E-state index contributed by atoms with van der Waals surface area (Å²) in [6, 6.07) is 19.8. The first kappa shape index (κ1) is 16.5. The fourth-order valence-corrected chi connectivity index (χ4v) is 2.60. The average molecular weight is 339 g/mol. The van der Waals surface area contributed by atoms with Crippen LogP contribution in [0.2, 0.25) is 5.02 Å². The molecule has 3 aromatic rings. The van der Waals surface area contributed by atoms with E-state index in [9.17, 15) is 0 Å². The lowest BCUT2D eigenvalue weighted by Crippen LogP contribution is -2.13. The van der Waals surface area contributed by atoms with Gasteiger partial charge in [-0.05, 0) is 23.8 Å². The number of pyridine rings is 1. The number of nitrogens with zero attached hydrogens (tertiary/aromatic N) is 1. The zero-order valence-corrected chi connectivity index (χ0v) is 14.0. The molecule has 24 heavy (non-hydrogen) atoms. The van der Waals surface area contributed by atoms with Crippen molar-refractivity contribution in [3.05, 3.63) is 94.8 Å². The molecule has 1 N–H and O–H groups in total. The lowest BCUT2D eigenvalue weighted by molar-refractivity contribution is 0.302. The molecule has 0 atom stereocenters. The molecule has 0 aliphatic carbocycles. The topological polar surface area (TPSA) is 34.1 Å². The second kappa shape index (κ2) is 8.48. The highest BCUT2D eigenvalue weighted by molar-refractivity contribution is 6.31. The van der Waals surface area contributed by atoms with Crippen LogP contribution in [0, 0.1) is 0 Å². The van der Waals surface area contributed by atoms with Crippen molar-refractivity contribution >= 4 is 11.6 Å². The molecule has 4 heteroatoms. The molecule has 0 aliphatic heterocycles. The highest BCUT2D eigenvalue weighted by Gasteiger charge is 2.05. The third-order valence-electron chi connectivity index (χ3n) is 3.68. The van der Waals surface area contributed by atoms with Crippen molar-refractivity contribution in [1.29, 1.82) is 0 Å². The second-order valence-electron chi connectivity index (χ2n) is 5.45. The normalized spacial score (nSPS) is 10.5. The molecule has 0 bridgehead atoms. The number of rotatable bonds is 7. The molecular weight excluding hydrogens is 320 g/mol. The summed E-state index contributed by atoms with van der Waals surface area (Å²) >= 11 is 6.18. The number of hydrogen-bond donors (Lipinski definition) is 1. The van der Waals surface area contributed by atoms with Crippen LogP contribution in [0.1, 0.15) is 16.7 Å². The minimum absolute atomic E-state index is 0.458. The van der Waals surface area contributed by atoms with Crippen LogP contribution in [0.3, 0.4) is 0 Å². The van der Waals surface area contributed by atoms with E-state index in [1.807, 2.05) is 54.7 Å². The molecule has 2 aromatic carbocycles. The summed E-state index contributed by atoms with van der Waals surface area (Å²) in [5.74, 6) is 0.871. The zero-order chi connectivity index (χ0) is 16.6. The fraction of sp³-hybridized carbons (Fsp3) is 0.150. The molecule has 0 aliphatic rings. The van der Waals surface area contributed by atoms with E-state index in [1.165, 1.54) is 0 Å². The number of para-hydroxylation sites is 1. The molecule has 0 unspecified atom stereocenters. The van der Waals surface area contributed by atoms with Crippen molar-refractivity contribution in [2.45, 2.75) is 19.7 Å². The summed E-state index contributed by atoms with van der Waals surface area (Å²) in [6.45, 7) is 1.96. The third kappa shape index (κ3) is 4.57. The Kier molecular flexibility index (Phi) is 5.83. The van der Waals surface area contributed by atoms with Gasteiger partial charge in [-0.15, -0.1) is 0 Å². The van der Waals surface area contributed by atoms with Gasteiger partial charge >= 0.3 is 0 Å². The Morgan fingerprint density at radius 3 is 2.46 bits per heavy atom. The highest BCUT2D eigenvalue weighted by Crippen LogP contribution is 2.22. The molecule has 1 aromatic heterocycles. The summed E-state index contributed by atoms with van der Waals surface area (Å²) in [4.78, 5) is 4.12. The Hall–Kier alpha value is -2.36. The minimum atomic E-state index is 0.458. The van der Waals surface area contributed by atoms with Crippen LogP contribution >= 0.6 is 11.6 Å². The van der Waals surface area contributed by atoms with E-state index in [0.29, 0.717) is 6.61 Å². The largest absolute Gasteiger partial charge is 0.489 e. The van der Waals surface area contributed by atoms with Gasteiger partial charge in [-0.25, -0.2) is 0 Å². The second-order valence-corrected chi connectivity index (χ2v) is 5.86. The summed E-state index contributed by atoms with van der Waals surface area (Å²) in [5, 5.41) is 4.15. The number of ether oxygens (including phenoxy) is 1. The number of aromatic nitrogens is 1. The van der Waals surface area contributed by atoms with Crippen LogP contribution in [0.4, 0.5) is 0 Å². The smallest absolute Gasteiger partial charge is 0.124 e. The van der Waals surface area contributed by atoms with Crippen LogP contribution in [-0.2, 0) is 19.7 Å². The number of benzene rings is 2. The van der Waals surface area contributed by atoms with Crippen molar-refractivity contribution in [1.82, 2.24) is 10.3 Å². The van der Waals surface area contributed by atoms with Crippen molar-refractivity contribution in [2.24, 2.45) is 0 Å². The van der Waals surface area contributed by atoms with E-state index in [1.54, 1.807) is 6.20 Å². The molecule has 0 spiro atoms. The lowest BCUT2D eigenvalue weighted by atomic mass is 10.2. The Morgan fingerprint density at radius 1 is 0.875 bits per heavy atom. The Labute approximate surface area is 147 Å². The van der Waals surface area contributed by atoms with Gasteiger partial charge < -0.3 is 10.1 Å². The molecule has 0 amide bonds. The first-order valence-electron chi connectivity index (χ1n) is 7.86. The van der Waals surface area contributed by atoms with Crippen LogP contribution in [-0.4, -0.2) is 4.98 Å². The molecule has 1 heterocycles. The summed E-state index contributed by atoms with van der Waals surface area (Å²) in [7, 11) is 0. The maximum atomic E-state index is 6.18. The third-order valence-corrected chi connectivity index (χ3v) is 4.05. The Bertz CT molecular complexity index is 777. The SMILES string of the molecule is Clc1ccccc1COc1ccccc1CNCc1cccnc1. The molecule has 0 saturated heterocycles. The fourth-order valence-electron chi connectivity index (χ4n) is 2.41. The van der Waals surface area contributed by atoms with Crippen molar-refractivity contribution in [3.63, 3.8) is 0 Å². The summed E-state index contributed by atoms with van der Waals surface area (Å²) in [5.41, 5.74) is 3.26. The number of nitrogens with one attached hydrogen (secondary N) is 1. The van der Waals surface area contributed by atoms with Gasteiger partial charge in [-0.1, -0.05) is 54.1 Å². The molecule has 0 radical (unpaired) electrons. The molecule has 3 rings (SSSR count). The first-order valence-corrected chi connectivity index (χ1v) is 8.24. The minimum Gasteiger partial charge on any atom is -0.489 e. The predicted molar refractivity (Wildman–Crippen MR) is 97.0 cm³/mol. The highest BCUT2D eigenvalue weighted by atomic mass is 35.5. The predicted octanol–water partition coefficient (Wildman–Crippen LogP) is 4.60.